The Bertz CT molecular complexity index is 934. The predicted octanol–water partition coefficient (Wildman–Crippen LogP) is 1.76. The van der Waals surface area contributed by atoms with Crippen LogP contribution in [0.2, 0.25) is 0 Å². The van der Waals surface area contributed by atoms with Crippen molar-refractivity contribution in [2.24, 2.45) is 0 Å². The van der Waals surface area contributed by atoms with Crippen LogP contribution in [0.5, 0.6) is 0 Å². The van der Waals surface area contributed by atoms with Crippen molar-refractivity contribution in [2.75, 3.05) is 23.7 Å². The first kappa shape index (κ1) is 20.3. The normalized spacial score (nSPS) is 11.2. The summed E-state index contributed by atoms with van der Waals surface area (Å²) in [6.45, 7) is 6.08. The minimum absolute atomic E-state index is 0.0106. The predicted molar refractivity (Wildman–Crippen MR) is 99.6 cm³/mol. The molecule has 0 aliphatic heterocycles. The molecule has 0 bridgehead atoms. The second kappa shape index (κ2) is 8.60. The van der Waals surface area contributed by atoms with Gasteiger partial charge in [0.15, 0.2) is 5.82 Å². The van der Waals surface area contributed by atoms with E-state index in [9.17, 15) is 18.0 Å². The van der Waals surface area contributed by atoms with Crippen LogP contribution in [0, 0.1) is 6.92 Å². The van der Waals surface area contributed by atoms with Crippen molar-refractivity contribution in [3.63, 3.8) is 0 Å². The fourth-order valence-electron chi connectivity index (χ4n) is 2.22. The van der Waals surface area contributed by atoms with Crippen LogP contribution in [-0.2, 0) is 19.6 Å². The summed E-state index contributed by atoms with van der Waals surface area (Å²) in [5.74, 6) is -0.115. The summed E-state index contributed by atoms with van der Waals surface area (Å²) < 4.78 is 31.5. The largest absolute Gasteiger partial charge is 0.360 e. The molecule has 144 valence electrons. The first-order valence-corrected chi connectivity index (χ1v) is 9.38. The molecule has 27 heavy (non-hydrogen) atoms. The van der Waals surface area contributed by atoms with Crippen LogP contribution in [-0.4, -0.2) is 42.8 Å². The number of sulfonamides is 1. The van der Waals surface area contributed by atoms with E-state index in [4.69, 9.17) is 4.52 Å². The maximum absolute atomic E-state index is 12.8. The van der Waals surface area contributed by atoms with E-state index in [1.165, 1.54) is 43.3 Å². The lowest BCUT2D eigenvalue weighted by Gasteiger charge is -2.20. The molecule has 0 radical (unpaired) electrons. The van der Waals surface area contributed by atoms with Crippen LogP contribution in [0.4, 0.5) is 11.5 Å². The number of hydrogen-bond acceptors (Lipinski definition) is 6. The van der Waals surface area contributed by atoms with E-state index >= 15 is 0 Å². The Labute approximate surface area is 157 Å². The number of anilines is 2. The van der Waals surface area contributed by atoms with Gasteiger partial charge in [-0.3, -0.25) is 9.59 Å². The van der Waals surface area contributed by atoms with Crippen molar-refractivity contribution in [2.45, 2.75) is 18.7 Å². The minimum Gasteiger partial charge on any atom is -0.360 e. The molecule has 2 N–H and O–H groups in total. The van der Waals surface area contributed by atoms with Crippen molar-refractivity contribution in [3.05, 3.63) is 48.7 Å². The zero-order valence-electron chi connectivity index (χ0n) is 14.9. The molecule has 1 heterocycles. The average molecular weight is 392 g/mol. The fraction of sp³-hybridized carbons (Fsp3) is 0.235. The van der Waals surface area contributed by atoms with Gasteiger partial charge < -0.3 is 15.2 Å². The summed E-state index contributed by atoms with van der Waals surface area (Å²) in [5.41, 5.74) is 0.468. The van der Waals surface area contributed by atoms with Gasteiger partial charge in [0.1, 0.15) is 5.76 Å². The maximum Gasteiger partial charge on any atom is 0.243 e. The highest BCUT2D eigenvalue weighted by molar-refractivity contribution is 7.89. The molecule has 1 aromatic heterocycles. The maximum atomic E-state index is 12.8. The summed E-state index contributed by atoms with van der Waals surface area (Å²) in [6.07, 6.45) is 1.39. The lowest BCUT2D eigenvalue weighted by atomic mass is 10.3. The summed E-state index contributed by atoms with van der Waals surface area (Å²) in [5, 5.41) is 8.66. The molecule has 0 atom stereocenters. The van der Waals surface area contributed by atoms with Crippen molar-refractivity contribution in [1.29, 1.82) is 0 Å². The van der Waals surface area contributed by atoms with Gasteiger partial charge in [0, 0.05) is 25.2 Å². The van der Waals surface area contributed by atoms with Gasteiger partial charge in [-0.05, 0) is 31.2 Å². The van der Waals surface area contributed by atoms with Crippen LogP contribution in [0.25, 0.3) is 0 Å². The van der Waals surface area contributed by atoms with Crippen LogP contribution < -0.4 is 10.6 Å². The average Bonchev–Trinajstić information content (AvgIpc) is 2.99. The van der Waals surface area contributed by atoms with Crippen LogP contribution in [0.1, 0.15) is 12.7 Å². The highest BCUT2D eigenvalue weighted by atomic mass is 32.2. The Balaban J connectivity index is 2.16. The molecule has 1 aromatic carbocycles. The SMILES string of the molecule is C=CCN(CC(=O)Nc1cc(C)on1)S(=O)(=O)c1ccc(NC(C)=O)cc1. The second-order valence-electron chi connectivity index (χ2n) is 5.66. The van der Waals surface area contributed by atoms with Crippen LogP contribution in [0.15, 0.2) is 52.4 Å². The lowest BCUT2D eigenvalue weighted by molar-refractivity contribution is -0.116. The van der Waals surface area contributed by atoms with Gasteiger partial charge in [-0.15, -0.1) is 6.58 Å². The van der Waals surface area contributed by atoms with Gasteiger partial charge in [0.2, 0.25) is 21.8 Å². The number of amides is 2. The molecule has 0 aliphatic rings. The number of carbonyl (C=O) groups is 2. The first-order chi connectivity index (χ1) is 12.7. The van der Waals surface area contributed by atoms with Gasteiger partial charge in [0.05, 0.1) is 11.4 Å². The third-order valence-electron chi connectivity index (χ3n) is 3.36. The zero-order chi connectivity index (χ0) is 20.0. The molecule has 2 amide bonds. The first-order valence-electron chi connectivity index (χ1n) is 7.94. The fourth-order valence-corrected chi connectivity index (χ4v) is 3.59. The molecule has 2 aromatic rings. The standard InChI is InChI=1S/C17H20N4O5S/c1-4-9-21(11-17(23)19-16-10-12(2)26-20-16)27(24,25)15-7-5-14(6-8-15)18-13(3)22/h4-8,10H,1,9,11H2,2-3H3,(H,18,22)(H,19,20,23). The Morgan fingerprint density at radius 2 is 1.93 bits per heavy atom. The number of nitrogens with zero attached hydrogens (tertiary/aromatic N) is 2. The number of aryl methyl sites for hydroxylation is 1. The van der Waals surface area contributed by atoms with E-state index in [-0.39, 0.29) is 23.2 Å². The summed E-state index contributed by atoms with van der Waals surface area (Å²) in [7, 11) is -3.95. The summed E-state index contributed by atoms with van der Waals surface area (Å²) in [6, 6.07) is 7.17. The number of aromatic nitrogens is 1. The molecule has 0 spiro atoms. The number of rotatable bonds is 8. The second-order valence-corrected chi connectivity index (χ2v) is 7.60. The van der Waals surface area contributed by atoms with Gasteiger partial charge in [-0.25, -0.2) is 8.42 Å². The van der Waals surface area contributed by atoms with Crippen LogP contribution >= 0.6 is 0 Å². The molecular formula is C17H20N4O5S. The van der Waals surface area contributed by atoms with Gasteiger partial charge in [-0.2, -0.15) is 4.31 Å². The van der Waals surface area contributed by atoms with E-state index in [0.717, 1.165) is 4.31 Å². The minimum atomic E-state index is -3.95. The number of hydrogen-bond donors (Lipinski definition) is 2. The molecular weight excluding hydrogens is 372 g/mol. The van der Waals surface area contributed by atoms with E-state index in [0.29, 0.717) is 11.4 Å². The monoisotopic (exact) mass is 392 g/mol. The highest BCUT2D eigenvalue weighted by Gasteiger charge is 2.26. The summed E-state index contributed by atoms with van der Waals surface area (Å²) >= 11 is 0. The quantitative estimate of drug-likeness (QED) is 0.660. The summed E-state index contributed by atoms with van der Waals surface area (Å²) in [4.78, 5) is 23.2. The molecule has 0 saturated carbocycles. The van der Waals surface area contributed by atoms with Crippen molar-refractivity contribution in [3.8, 4) is 0 Å². The Hall–Kier alpha value is -2.98. The number of benzene rings is 1. The molecule has 2 rings (SSSR count). The van der Waals surface area contributed by atoms with Crippen LogP contribution in [0.3, 0.4) is 0 Å². The van der Waals surface area contributed by atoms with E-state index in [1.54, 1.807) is 6.92 Å². The smallest absolute Gasteiger partial charge is 0.243 e. The number of carbonyl (C=O) groups excluding carboxylic acids is 2. The van der Waals surface area contributed by atoms with E-state index < -0.39 is 22.5 Å². The van der Waals surface area contributed by atoms with E-state index in [2.05, 4.69) is 22.4 Å². The Morgan fingerprint density at radius 1 is 1.26 bits per heavy atom. The topological polar surface area (TPSA) is 122 Å². The lowest BCUT2D eigenvalue weighted by Crippen LogP contribution is -2.38. The van der Waals surface area contributed by atoms with Crippen molar-refractivity contribution in [1.82, 2.24) is 9.46 Å². The molecule has 9 nitrogen and oxygen atoms in total. The third-order valence-corrected chi connectivity index (χ3v) is 5.19. The third kappa shape index (κ3) is 5.50. The molecule has 0 unspecified atom stereocenters. The van der Waals surface area contributed by atoms with E-state index in [1.807, 2.05) is 0 Å². The Morgan fingerprint density at radius 3 is 2.44 bits per heavy atom. The Kier molecular flexibility index (Phi) is 6.48. The van der Waals surface area contributed by atoms with Crippen molar-refractivity contribution >= 4 is 33.3 Å². The van der Waals surface area contributed by atoms with Gasteiger partial charge in [-0.1, -0.05) is 11.2 Å². The van der Waals surface area contributed by atoms with Crippen molar-refractivity contribution < 1.29 is 22.5 Å². The highest BCUT2D eigenvalue weighted by Crippen LogP contribution is 2.19. The van der Waals surface area contributed by atoms with Gasteiger partial charge in [0.25, 0.3) is 0 Å². The zero-order valence-corrected chi connectivity index (χ0v) is 15.7. The molecule has 0 fully saturated rings. The molecule has 0 aliphatic carbocycles. The van der Waals surface area contributed by atoms with Gasteiger partial charge >= 0.3 is 0 Å². The number of nitrogens with one attached hydrogen (secondary N) is 2. The molecule has 10 heteroatoms. The molecule has 0 saturated heterocycles.